The zero-order valence-electron chi connectivity index (χ0n) is 7.05. The topological polar surface area (TPSA) is 35.2 Å². The molecule has 2 nitrogen and oxygen atoms in total. The van der Waals surface area contributed by atoms with Crippen LogP contribution in [-0.4, -0.2) is 17.7 Å². The predicted octanol–water partition coefficient (Wildman–Crippen LogP) is 1.29. The van der Waals surface area contributed by atoms with Crippen LogP contribution in [-0.2, 0) is 4.74 Å². The molecule has 0 aliphatic heterocycles. The minimum absolute atomic E-state index is 0.0551. The van der Waals surface area contributed by atoms with E-state index in [4.69, 9.17) is 10.5 Å². The van der Waals surface area contributed by atoms with E-state index in [1.165, 1.54) is 0 Å². The maximum atomic E-state index is 5.81. The highest BCUT2D eigenvalue weighted by Gasteiger charge is 2.37. The molecule has 0 heterocycles. The minimum Gasteiger partial charge on any atom is -0.375 e. The van der Waals surface area contributed by atoms with Crippen molar-refractivity contribution < 1.29 is 4.74 Å². The van der Waals surface area contributed by atoms with Crippen molar-refractivity contribution in [2.24, 2.45) is 5.73 Å². The molecule has 0 saturated heterocycles. The molecule has 0 amide bonds. The van der Waals surface area contributed by atoms with Gasteiger partial charge in [0.05, 0.1) is 12.2 Å². The van der Waals surface area contributed by atoms with Crippen molar-refractivity contribution in [3.05, 3.63) is 0 Å². The number of hydrogen-bond acceptors (Lipinski definition) is 2. The predicted molar refractivity (Wildman–Crippen MR) is 41.8 cm³/mol. The van der Waals surface area contributed by atoms with Crippen LogP contribution in [0.3, 0.4) is 0 Å². The van der Waals surface area contributed by atoms with Gasteiger partial charge in [-0.1, -0.05) is 0 Å². The molecule has 0 unspecified atom stereocenters. The highest BCUT2D eigenvalue weighted by molar-refractivity contribution is 4.95. The summed E-state index contributed by atoms with van der Waals surface area (Å²) in [6, 6.07) is 0. The molecule has 0 atom stereocenters. The SMILES string of the molecule is CC(C)OC1CC(C)(N)C1. The Labute approximate surface area is 62.7 Å². The summed E-state index contributed by atoms with van der Waals surface area (Å²) in [6.45, 7) is 6.20. The highest BCUT2D eigenvalue weighted by atomic mass is 16.5. The van der Waals surface area contributed by atoms with Gasteiger partial charge in [0, 0.05) is 5.54 Å². The molecular weight excluding hydrogens is 126 g/mol. The average Bonchev–Trinajstić information content (AvgIpc) is 1.57. The first-order valence-corrected chi connectivity index (χ1v) is 3.94. The molecule has 1 rings (SSSR count). The van der Waals surface area contributed by atoms with Gasteiger partial charge in [-0.3, -0.25) is 0 Å². The standard InChI is InChI=1S/C8H17NO/c1-6(2)10-7-4-8(3,9)5-7/h6-7H,4-5,9H2,1-3H3. The molecule has 0 bridgehead atoms. The van der Waals surface area contributed by atoms with Gasteiger partial charge in [0.1, 0.15) is 0 Å². The van der Waals surface area contributed by atoms with Gasteiger partial charge in [-0.15, -0.1) is 0 Å². The maximum absolute atomic E-state index is 5.81. The van der Waals surface area contributed by atoms with Crippen LogP contribution in [0.2, 0.25) is 0 Å². The number of rotatable bonds is 2. The fourth-order valence-electron chi connectivity index (χ4n) is 1.46. The van der Waals surface area contributed by atoms with Gasteiger partial charge in [-0.05, 0) is 33.6 Å². The van der Waals surface area contributed by atoms with Crippen molar-refractivity contribution in [1.29, 1.82) is 0 Å². The molecule has 2 heteroatoms. The molecule has 0 radical (unpaired) electrons. The van der Waals surface area contributed by atoms with Gasteiger partial charge in [0.25, 0.3) is 0 Å². The quantitative estimate of drug-likeness (QED) is 0.632. The van der Waals surface area contributed by atoms with Gasteiger partial charge in [-0.2, -0.15) is 0 Å². The van der Waals surface area contributed by atoms with Crippen LogP contribution >= 0.6 is 0 Å². The van der Waals surface area contributed by atoms with Gasteiger partial charge in [0.2, 0.25) is 0 Å². The molecule has 1 aliphatic rings. The molecule has 0 aromatic heterocycles. The summed E-state index contributed by atoms with van der Waals surface area (Å²) in [5.41, 5.74) is 5.86. The summed E-state index contributed by atoms with van der Waals surface area (Å²) in [6.07, 6.45) is 2.81. The lowest BCUT2D eigenvalue weighted by Gasteiger charge is -2.42. The van der Waals surface area contributed by atoms with Crippen molar-refractivity contribution in [1.82, 2.24) is 0 Å². The second kappa shape index (κ2) is 2.51. The largest absolute Gasteiger partial charge is 0.375 e. The van der Waals surface area contributed by atoms with Crippen LogP contribution in [0.4, 0.5) is 0 Å². The Kier molecular flexibility index (Phi) is 2.02. The molecule has 60 valence electrons. The van der Waals surface area contributed by atoms with Crippen molar-refractivity contribution in [3.8, 4) is 0 Å². The molecule has 1 saturated carbocycles. The fourth-order valence-corrected chi connectivity index (χ4v) is 1.46. The third-order valence-corrected chi connectivity index (χ3v) is 1.85. The first kappa shape index (κ1) is 8.02. The van der Waals surface area contributed by atoms with Crippen molar-refractivity contribution in [3.63, 3.8) is 0 Å². The third-order valence-electron chi connectivity index (χ3n) is 1.85. The molecule has 0 spiro atoms. The van der Waals surface area contributed by atoms with E-state index in [1.54, 1.807) is 0 Å². The summed E-state index contributed by atoms with van der Waals surface area (Å²) in [5.74, 6) is 0. The summed E-state index contributed by atoms with van der Waals surface area (Å²) in [5, 5.41) is 0. The van der Waals surface area contributed by atoms with E-state index in [9.17, 15) is 0 Å². The van der Waals surface area contributed by atoms with Crippen LogP contribution in [0.15, 0.2) is 0 Å². The second-order valence-electron chi connectivity index (χ2n) is 3.87. The lowest BCUT2D eigenvalue weighted by molar-refractivity contribution is -0.0668. The molecule has 2 N–H and O–H groups in total. The maximum Gasteiger partial charge on any atom is 0.0613 e. The number of ether oxygens (including phenoxy) is 1. The van der Waals surface area contributed by atoms with Gasteiger partial charge in [-0.25, -0.2) is 0 Å². The highest BCUT2D eigenvalue weighted by Crippen LogP contribution is 2.32. The molecule has 1 fully saturated rings. The summed E-state index contributed by atoms with van der Waals surface area (Å²) < 4.78 is 5.54. The van der Waals surface area contributed by atoms with E-state index in [1.807, 2.05) is 0 Å². The molecule has 10 heavy (non-hydrogen) atoms. The Morgan fingerprint density at radius 2 is 2.00 bits per heavy atom. The van der Waals surface area contributed by atoms with Gasteiger partial charge < -0.3 is 10.5 Å². The Morgan fingerprint density at radius 3 is 2.30 bits per heavy atom. The second-order valence-corrected chi connectivity index (χ2v) is 3.87. The van der Waals surface area contributed by atoms with Crippen molar-refractivity contribution in [2.45, 2.75) is 51.4 Å². The lowest BCUT2D eigenvalue weighted by atomic mass is 9.77. The Morgan fingerprint density at radius 1 is 1.50 bits per heavy atom. The van der Waals surface area contributed by atoms with E-state index >= 15 is 0 Å². The molecule has 0 aromatic rings. The Balaban J connectivity index is 2.15. The van der Waals surface area contributed by atoms with Crippen LogP contribution in [0.1, 0.15) is 33.6 Å². The zero-order valence-corrected chi connectivity index (χ0v) is 7.05. The number of nitrogens with two attached hydrogens (primary N) is 1. The van der Waals surface area contributed by atoms with Crippen LogP contribution in [0, 0.1) is 0 Å². The van der Waals surface area contributed by atoms with E-state index < -0.39 is 0 Å². The average molecular weight is 143 g/mol. The molecule has 0 aromatic carbocycles. The van der Waals surface area contributed by atoms with E-state index in [0.29, 0.717) is 12.2 Å². The monoisotopic (exact) mass is 143 g/mol. The van der Waals surface area contributed by atoms with E-state index in [0.717, 1.165) is 12.8 Å². The smallest absolute Gasteiger partial charge is 0.0613 e. The Bertz CT molecular complexity index is 110. The van der Waals surface area contributed by atoms with Crippen LogP contribution in [0.5, 0.6) is 0 Å². The summed E-state index contributed by atoms with van der Waals surface area (Å²) >= 11 is 0. The molecular formula is C8H17NO. The summed E-state index contributed by atoms with van der Waals surface area (Å²) in [7, 11) is 0. The number of hydrogen-bond donors (Lipinski definition) is 1. The minimum atomic E-state index is 0.0551. The third kappa shape index (κ3) is 1.96. The van der Waals surface area contributed by atoms with Crippen molar-refractivity contribution >= 4 is 0 Å². The van der Waals surface area contributed by atoms with Gasteiger partial charge >= 0.3 is 0 Å². The van der Waals surface area contributed by atoms with Gasteiger partial charge in [0.15, 0.2) is 0 Å². The van der Waals surface area contributed by atoms with E-state index in [-0.39, 0.29) is 5.54 Å². The summed E-state index contributed by atoms with van der Waals surface area (Å²) in [4.78, 5) is 0. The first-order chi connectivity index (χ1) is 4.49. The van der Waals surface area contributed by atoms with Crippen LogP contribution < -0.4 is 5.73 Å². The van der Waals surface area contributed by atoms with Crippen LogP contribution in [0.25, 0.3) is 0 Å². The Hall–Kier alpha value is -0.0800. The normalized spacial score (nSPS) is 39.9. The van der Waals surface area contributed by atoms with Crippen molar-refractivity contribution in [2.75, 3.05) is 0 Å². The fraction of sp³-hybridized carbons (Fsp3) is 1.00. The van der Waals surface area contributed by atoms with E-state index in [2.05, 4.69) is 20.8 Å². The molecule has 1 aliphatic carbocycles. The first-order valence-electron chi connectivity index (χ1n) is 3.94. The lowest BCUT2D eigenvalue weighted by Crippen LogP contribution is -2.53. The zero-order chi connectivity index (χ0) is 7.78.